The molecule has 0 fully saturated rings. The number of aryl methyl sites for hydroxylation is 2. The fraction of sp³-hybridized carbons (Fsp3) is 0.125. The summed E-state index contributed by atoms with van der Waals surface area (Å²) in [5, 5.41) is 0. The first-order chi connectivity index (χ1) is 10.7. The average Bonchev–Trinajstić information content (AvgIpc) is 2.52. The number of benzene rings is 2. The van der Waals surface area contributed by atoms with E-state index in [4.69, 9.17) is 0 Å². The molecule has 2 aromatic carbocycles. The van der Waals surface area contributed by atoms with E-state index < -0.39 is 0 Å². The molecule has 110 valence electrons. The first-order valence-corrected chi connectivity index (χ1v) is 7.90. The van der Waals surface area contributed by atoms with E-state index in [9.17, 15) is 9.59 Å². The predicted molar refractivity (Wildman–Crippen MR) is 89.3 cm³/mol. The van der Waals surface area contributed by atoms with Crippen molar-refractivity contribution in [1.29, 1.82) is 0 Å². The lowest BCUT2D eigenvalue weighted by Gasteiger charge is -2.08. The van der Waals surface area contributed by atoms with Crippen LogP contribution >= 0.6 is 23.9 Å². The number of rotatable bonds is 5. The van der Waals surface area contributed by atoms with Crippen molar-refractivity contribution in [2.45, 2.75) is 23.6 Å². The van der Waals surface area contributed by atoms with Crippen molar-refractivity contribution in [3.8, 4) is 11.1 Å². The van der Waals surface area contributed by atoms with E-state index in [2.05, 4.69) is 8.80 Å². The molecule has 0 aliphatic heterocycles. The van der Waals surface area contributed by atoms with Crippen molar-refractivity contribution in [2.75, 3.05) is 0 Å². The van der Waals surface area contributed by atoms with Gasteiger partial charge in [0.05, 0.1) is 0 Å². The Morgan fingerprint density at radius 2 is 1.18 bits per heavy atom. The fourth-order valence-corrected chi connectivity index (χ4v) is 2.93. The Kier molecular flexibility index (Phi) is 5.75. The molecule has 0 aliphatic carbocycles. The molecule has 0 saturated carbocycles. The summed E-state index contributed by atoms with van der Waals surface area (Å²) in [7, 11) is 0. The molecule has 2 rings (SSSR count). The topological polar surface area (TPSA) is 58.9 Å². The maximum absolute atomic E-state index is 10.2. The summed E-state index contributed by atoms with van der Waals surface area (Å²) in [6.07, 6.45) is 3.04. The second-order valence-corrected chi connectivity index (χ2v) is 6.12. The molecule has 0 N–H and O–H groups in total. The van der Waals surface area contributed by atoms with E-state index >= 15 is 0 Å². The van der Waals surface area contributed by atoms with Gasteiger partial charge in [0.2, 0.25) is 12.2 Å². The summed E-state index contributed by atoms with van der Waals surface area (Å²) < 4.78 is 7.05. The number of nitrogens with zero attached hydrogens (tertiary/aromatic N) is 2. The van der Waals surface area contributed by atoms with Crippen LogP contribution in [0, 0.1) is 13.8 Å². The minimum absolute atomic E-state index is 0.927. The van der Waals surface area contributed by atoms with Crippen molar-refractivity contribution in [1.82, 2.24) is 0 Å². The number of hydrogen-bond donors (Lipinski definition) is 0. The zero-order valence-electron chi connectivity index (χ0n) is 12.0. The van der Waals surface area contributed by atoms with Crippen LogP contribution in [0.5, 0.6) is 0 Å². The predicted octanol–water partition coefficient (Wildman–Crippen LogP) is 4.66. The summed E-state index contributed by atoms with van der Waals surface area (Å²) in [6, 6.07) is 11.9. The average molecular weight is 328 g/mol. The van der Waals surface area contributed by atoms with Gasteiger partial charge < -0.3 is 0 Å². The van der Waals surface area contributed by atoms with Gasteiger partial charge in [-0.25, -0.2) is 9.59 Å². The summed E-state index contributed by atoms with van der Waals surface area (Å²) >= 11 is 2.23. The maximum Gasteiger partial charge on any atom is 0.247 e. The van der Waals surface area contributed by atoms with E-state index in [1.807, 2.05) is 50.2 Å². The zero-order chi connectivity index (χ0) is 15.9. The standard InChI is InChI=1S/C16H12N2O2S2/c1-11-7-13(3-5-15(11)21-17-9-19)14-4-6-16(12(2)8-14)22-18-10-20/h3-8H,1-2H3. The lowest BCUT2D eigenvalue weighted by Crippen LogP contribution is -1.85. The SMILES string of the molecule is Cc1cc(-c2ccc(SN=C=O)c(C)c2)ccc1SN=C=O. The molecule has 0 bridgehead atoms. The van der Waals surface area contributed by atoms with Gasteiger partial charge in [-0.15, -0.1) is 8.80 Å². The Balaban J connectivity index is 2.32. The van der Waals surface area contributed by atoms with Gasteiger partial charge in [-0.1, -0.05) is 24.3 Å². The van der Waals surface area contributed by atoms with E-state index in [1.165, 1.54) is 12.2 Å². The van der Waals surface area contributed by atoms with Crippen LogP contribution in [0.2, 0.25) is 0 Å². The van der Waals surface area contributed by atoms with Gasteiger partial charge in [0, 0.05) is 33.7 Å². The minimum Gasteiger partial charge on any atom is -0.210 e. The van der Waals surface area contributed by atoms with Crippen LogP contribution in [0.4, 0.5) is 0 Å². The smallest absolute Gasteiger partial charge is 0.210 e. The van der Waals surface area contributed by atoms with Crippen LogP contribution in [0.3, 0.4) is 0 Å². The van der Waals surface area contributed by atoms with Crippen molar-refractivity contribution in [3.05, 3.63) is 47.5 Å². The third kappa shape index (κ3) is 3.97. The van der Waals surface area contributed by atoms with E-state index in [-0.39, 0.29) is 0 Å². The van der Waals surface area contributed by atoms with Gasteiger partial charge in [-0.05, 0) is 48.2 Å². The zero-order valence-corrected chi connectivity index (χ0v) is 13.6. The normalized spacial score (nSPS) is 9.73. The van der Waals surface area contributed by atoms with Crippen molar-refractivity contribution < 1.29 is 9.59 Å². The monoisotopic (exact) mass is 328 g/mol. The van der Waals surface area contributed by atoms with Crippen LogP contribution in [-0.2, 0) is 9.59 Å². The number of hydrogen-bond acceptors (Lipinski definition) is 6. The molecule has 0 heterocycles. The fourth-order valence-electron chi connectivity index (χ4n) is 2.00. The summed E-state index contributed by atoms with van der Waals surface area (Å²) in [5.41, 5.74) is 4.25. The number of carbonyl (C=O) groups excluding carboxylic acids is 2. The van der Waals surface area contributed by atoms with E-state index in [0.29, 0.717) is 0 Å². The Labute approximate surface area is 137 Å². The van der Waals surface area contributed by atoms with Crippen LogP contribution in [0.1, 0.15) is 11.1 Å². The highest BCUT2D eigenvalue weighted by Gasteiger charge is 2.06. The second kappa shape index (κ2) is 7.78. The molecule has 6 heteroatoms. The van der Waals surface area contributed by atoms with Gasteiger partial charge in [0.15, 0.2) is 0 Å². The molecular formula is C16H12N2O2S2. The lowest BCUT2D eigenvalue weighted by atomic mass is 10.0. The third-order valence-corrected chi connectivity index (χ3v) is 4.69. The van der Waals surface area contributed by atoms with Crippen LogP contribution in [0.15, 0.2) is 55.0 Å². The first kappa shape index (κ1) is 16.3. The molecule has 0 amide bonds. The van der Waals surface area contributed by atoms with Crippen molar-refractivity contribution >= 4 is 36.1 Å². The van der Waals surface area contributed by atoms with Crippen LogP contribution < -0.4 is 0 Å². The second-order valence-electron chi connectivity index (χ2n) is 4.51. The van der Waals surface area contributed by atoms with Crippen LogP contribution in [-0.4, -0.2) is 12.2 Å². The molecule has 0 aromatic heterocycles. The third-order valence-electron chi connectivity index (χ3n) is 3.05. The molecule has 0 aliphatic rings. The lowest BCUT2D eigenvalue weighted by molar-refractivity contribution is 0.565. The van der Waals surface area contributed by atoms with Crippen LogP contribution in [0.25, 0.3) is 11.1 Å². The molecule has 0 spiro atoms. The largest absolute Gasteiger partial charge is 0.247 e. The van der Waals surface area contributed by atoms with Crippen molar-refractivity contribution in [3.63, 3.8) is 0 Å². The summed E-state index contributed by atoms with van der Waals surface area (Å²) in [5.74, 6) is 0. The molecule has 22 heavy (non-hydrogen) atoms. The molecule has 0 atom stereocenters. The number of isocyanates is 2. The first-order valence-electron chi connectivity index (χ1n) is 6.35. The molecular weight excluding hydrogens is 316 g/mol. The molecule has 4 nitrogen and oxygen atoms in total. The maximum atomic E-state index is 10.2. The summed E-state index contributed by atoms with van der Waals surface area (Å²) in [6.45, 7) is 3.95. The quantitative estimate of drug-likeness (QED) is 0.455. The highest BCUT2D eigenvalue weighted by atomic mass is 32.2. The Morgan fingerprint density at radius 3 is 1.50 bits per heavy atom. The van der Waals surface area contributed by atoms with E-state index in [1.54, 1.807) is 0 Å². The van der Waals surface area contributed by atoms with Gasteiger partial charge in [0.25, 0.3) is 0 Å². The Bertz CT molecular complexity index is 725. The summed E-state index contributed by atoms with van der Waals surface area (Å²) in [4.78, 5) is 22.2. The molecule has 2 aromatic rings. The highest BCUT2D eigenvalue weighted by molar-refractivity contribution is 7.98. The van der Waals surface area contributed by atoms with Crippen molar-refractivity contribution in [2.24, 2.45) is 8.80 Å². The molecule has 0 unspecified atom stereocenters. The molecule has 0 saturated heterocycles. The van der Waals surface area contributed by atoms with Gasteiger partial charge in [-0.2, -0.15) is 0 Å². The Morgan fingerprint density at radius 1 is 0.773 bits per heavy atom. The molecule has 0 radical (unpaired) electrons. The van der Waals surface area contributed by atoms with Gasteiger partial charge in [0.1, 0.15) is 0 Å². The van der Waals surface area contributed by atoms with E-state index in [0.717, 1.165) is 55.9 Å². The van der Waals surface area contributed by atoms with Gasteiger partial charge in [-0.3, -0.25) is 0 Å². The Hall–Kier alpha value is -2.10. The minimum atomic E-state index is 0.927. The highest BCUT2D eigenvalue weighted by Crippen LogP contribution is 2.31. The van der Waals surface area contributed by atoms with Gasteiger partial charge >= 0.3 is 0 Å².